The van der Waals surface area contributed by atoms with Gasteiger partial charge in [0.05, 0.1) is 29.1 Å². The molecule has 12 nitrogen and oxygen atoms in total. The van der Waals surface area contributed by atoms with E-state index < -0.39 is 11.8 Å². The highest BCUT2D eigenvalue weighted by molar-refractivity contribution is 7.09. The molecule has 1 aliphatic heterocycles. The molecule has 1 fully saturated rings. The Hall–Kier alpha value is -4.39. The average Bonchev–Trinajstić information content (AvgIpc) is 3.59. The molecule has 0 atom stereocenters. The van der Waals surface area contributed by atoms with Gasteiger partial charge in [0.25, 0.3) is 17.7 Å². The van der Waals surface area contributed by atoms with E-state index in [1.54, 1.807) is 39.1 Å². The number of likely N-dealkylation sites (tertiary alicyclic amines) is 1. The van der Waals surface area contributed by atoms with E-state index in [1.165, 1.54) is 18.4 Å². The molecule has 3 amide bonds. The van der Waals surface area contributed by atoms with E-state index >= 15 is 0 Å². The molecule has 1 aliphatic rings. The van der Waals surface area contributed by atoms with Gasteiger partial charge in [-0.25, -0.2) is 9.50 Å². The number of thiazole rings is 1. The van der Waals surface area contributed by atoms with Crippen molar-refractivity contribution in [1.82, 2.24) is 40.5 Å². The lowest BCUT2D eigenvalue weighted by Gasteiger charge is -2.31. The number of amides is 3. The quantitative estimate of drug-likeness (QED) is 0.371. The third-order valence-electron chi connectivity index (χ3n) is 6.46. The third kappa shape index (κ3) is 4.92. The molecule has 0 radical (unpaired) electrons. The van der Waals surface area contributed by atoms with Gasteiger partial charge in [-0.3, -0.25) is 25.2 Å². The van der Waals surface area contributed by atoms with Crippen LogP contribution >= 0.6 is 11.3 Å². The minimum absolute atomic E-state index is 0.122. The molecular weight excluding hydrogens is 508 g/mol. The fraction of sp³-hybridized carbons (Fsp3) is 0.320. The van der Waals surface area contributed by atoms with E-state index in [2.05, 4.69) is 31.1 Å². The maximum Gasteiger partial charge on any atom is 0.289 e. The Balaban J connectivity index is 1.17. The fourth-order valence-corrected chi connectivity index (χ4v) is 5.38. The Morgan fingerprint density at radius 2 is 1.79 bits per heavy atom. The number of rotatable bonds is 5. The third-order valence-corrected chi connectivity index (χ3v) is 7.46. The van der Waals surface area contributed by atoms with Gasteiger partial charge in [-0.15, -0.1) is 21.5 Å². The summed E-state index contributed by atoms with van der Waals surface area (Å²) in [4.78, 5) is 44.4. The van der Waals surface area contributed by atoms with Crippen LogP contribution in [0.15, 0.2) is 35.7 Å². The van der Waals surface area contributed by atoms with Gasteiger partial charge >= 0.3 is 0 Å². The van der Waals surface area contributed by atoms with E-state index in [4.69, 9.17) is 4.74 Å². The number of methoxy groups -OCH3 is 1. The predicted molar refractivity (Wildman–Crippen MR) is 138 cm³/mol. The molecular formula is C25H26N8O4S. The molecule has 38 heavy (non-hydrogen) atoms. The van der Waals surface area contributed by atoms with Gasteiger partial charge in [-0.05, 0) is 38.8 Å². The second-order valence-electron chi connectivity index (χ2n) is 8.94. The van der Waals surface area contributed by atoms with Gasteiger partial charge in [-0.2, -0.15) is 5.10 Å². The van der Waals surface area contributed by atoms with Gasteiger partial charge in [0.1, 0.15) is 11.4 Å². The summed E-state index contributed by atoms with van der Waals surface area (Å²) in [5, 5.41) is 15.2. The summed E-state index contributed by atoms with van der Waals surface area (Å²) < 4.78 is 6.82. The number of piperidine rings is 1. The van der Waals surface area contributed by atoms with Crippen molar-refractivity contribution in [2.75, 3.05) is 20.2 Å². The van der Waals surface area contributed by atoms with Crippen molar-refractivity contribution in [3.63, 3.8) is 0 Å². The highest BCUT2D eigenvalue weighted by Crippen LogP contribution is 2.31. The molecule has 4 aromatic rings. The minimum Gasteiger partial charge on any atom is -0.496 e. The van der Waals surface area contributed by atoms with Crippen LogP contribution in [0.5, 0.6) is 5.75 Å². The molecule has 0 aliphatic carbocycles. The van der Waals surface area contributed by atoms with Gasteiger partial charge < -0.3 is 9.64 Å². The molecule has 13 heteroatoms. The number of aryl methyl sites for hydroxylation is 2. The van der Waals surface area contributed by atoms with Crippen LogP contribution in [0.25, 0.3) is 5.65 Å². The molecule has 1 aromatic carbocycles. The van der Waals surface area contributed by atoms with Crippen molar-refractivity contribution < 1.29 is 19.1 Å². The number of para-hydroxylation sites is 1. The first-order chi connectivity index (χ1) is 18.4. The number of ether oxygens (including phenoxy) is 1. The molecule has 196 valence electrons. The summed E-state index contributed by atoms with van der Waals surface area (Å²) in [6, 6.07) is 8.54. The average molecular weight is 535 g/mol. The Kier molecular flexibility index (Phi) is 7.01. The van der Waals surface area contributed by atoms with Crippen LogP contribution < -0.4 is 15.6 Å². The van der Waals surface area contributed by atoms with Crippen LogP contribution in [0.3, 0.4) is 0 Å². The predicted octanol–water partition coefficient (Wildman–Crippen LogP) is 2.30. The molecule has 0 unspecified atom stereocenters. The Labute approximate surface area is 222 Å². The standard InChI is InChI=1S/C25H26N8O4S/c1-14-12-20-27-28-21(15(2)33(20)31-14)25(36)32-10-8-16(9-11-32)24-26-18(13-38-24)23(35)30-29-22(34)17-6-4-5-7-19(17)37-3/h4-7,12-13,16H,8-11H2,1-3H3,(H,29,34)(H,30,35). The highest BCUT2D eigenvalue weighted by atomic mass is 32.1. The van der Waals surface area contributed by atoms with Crippen molar-refractivity contribution in [3.05, 3.63) is 69.1 Å². The number of hydrogen-bond acceptors (Lipinski definition) is 9. The number of benzene rings is 1. The summed E-state index contributed by atoms with van der Waals surface area (Å²) >= 11 is 1.39. The molecule has 5 rings (SSSR count). The van der Waals surface area contributed by atoms with Crippen LogP contribution in [0.2, 0.25) is 0 Å². The maximum absolute atomic E-state index is 13.2. The molecule has 0 spiro atoms. The number of aromatic nitrogens is 5. The first-order valence-electron chi connectivity index (χ1n) is 12.0. The van der Waals surface area contributed by atoms with Crippen molar-refractivity contribution in [2.45, 2.75) is 32.6 Å². The topological polar surface area (TPSA) is 144 Å². The van der Waals surface area contributed by atoms with Crippen LogP contribution in [-0.2, 0) is 0 Å². The van der Waals surface area contributed by atoms with E-state index in [1.807, 2.05) is 19.9 Å². The molecule has 4 heterocycles. The van der Waals surface area contributed by atoms with Gasteiger partial charge in [0.15, 0.2) is 11.3 Å². The zero-order chi connectivity index (χ0) is 26.8. The largest absolute Gasteiger partial charge is 0.496 e. The Bertz CT molecular complexity index is 1520. The smallest absolute Gasteiger partial charge is 0.289 e. The lowest BCUT2D eigenvalue weighted by atomic mass is 9.97. The molecule has 0 saturated carbocycles. The molecule has 3 aromatic heterocycles. The fourth-order valence-electron chi connectivity index (χ4n) is 4.41. The number of hydrogen-bond donors (Lipinski definition) is 2. The van der Waals surface area contributed by atoms with Crippen molar-refractivity contribution in [1.29, 1.82) is 0 Å². The summed E-state index contributed by atoms with van der Waals surface area (Å²) in [6.45, 7) is 4.76. The van der Waals surface area contributed by atoms with Crippen LogP contribution in [0.4, 0.5) is 0 Å². The molecule has 0 bridgehead atoms. The summed E-state index contributed by atoms with van der Waals surface area (Å²) in [5.41, 5.74) is 7.69. The first kappa shape index (κ1) is 25.3. The monoisotopic (exact) mass is 534 g/mol. The zero-order valence-electron chi connectivity index (χ0n) is 21.1. The Morgan fingerprint density at radius 1 is 1.05 bits per heavy atom. The summed E-state index contributed by atoms with van der Waals surface area (Å²) in [7, 11) is 1.47. The lowest BCUT2D eigenvalue weighted by Crippen LogP contribution is -2.42. The van der Waals surface area contributed by atoms with Crippen LogP contribution in [0, 0.1) is 13.8 Å². The number of nitrogens with zero attached hydrogens (tertiary/aromatic N) is 6. The van der Waals surface area contributed by atoms with E-state index in [9.17, 15) is 14.4 Å². The SMILES string of the molecule is COc1ccccc1C(=O)NNC(=O)c1csc(C2CCN(C(=O)c3nnc4cc(C)nn4c3C)CC2)n1. The molecule has 2 N–H and O–H groups in total. The second kappa shape index (κ2) is 10.5. The normalized spacial score (nSPS) is 13.9. The van der Waals surface area contributed by atoms with Gasteiger partial charge in [0.2, 0.25) is 0 Å². The highest BCUT2D eigenvalue weighted by Gasteiger charge is 2.29. The number of hydrazine groups is 1. The Morgan fingerprint density at radius 3 is 2.55 bits per heavy atom. The van der Waals surface area contributed by atoms with Crippen LogP contribution in [0.1, 0.15) is 66.5 Å². The van der Waals surface area contributed by atoms with E-state index in [0.29, 0.717) is 54.3 Å². The van der Waals surface area contributed by atoms with Crippen molar-refractivity contribution >= 4 is 34.7 Å². The number of fused-ring (bicyclic) bond motifs is 1. The van der Waals surface area contributed by atoms with Gasteiger partial charge in [0, 0.05) is 30.5 Å². The number of nitrogens with one attached hydrogen (secondary N) is 2. The second-order valence-corrected chi connectivity index (χ2v) is 9.83. The number of carbonyl (C=O) groups is 3. The van der Waals surface area contributed by atoms with Gasteiger partial charge in [-0.1, -0.05) is 12.1 Å². The summed E-state index contributed by atoms with van der Waals surface area (Å²) in [5.74, 6) is -0.656. The lowest BCUT2D eigenvalue weighted by molar-refractivity contribution is 0.0703. The zero-order valence-corrected chi connectivity index (χ0v) is 21.9. The minimum atomic E-state index is -0.512. The molecule has 1 saturated heterocycles. The maximum atomic E-state index is 13.2. The van der Waals surface area contributed by atoms with E-state index in [-0.39, 0.29) is 17.5 Å². The van der Waals surface area contributed by atoms with E-state index in [0.717, 1.165) is 10.7 Å². The van der Waals surface area contributed by atoms with Crippen molar-refractivity contribution in [2.24, 2.45) is 0 Å². The number of carbonyl (C=O) groups excluding carboxylic acids is 3. The van der Waals surface area contributed by atoms with Crippen molar-refractivity contribution in [3.8, 4) is 5.75 Å². The van der Waals surface area contributed by atoms with Crippen LogP contribution in [-0.4, -0.2) is 67.6 Å². The summed E-state index contributed by atoms with van der Waals surface area (Å²) in [6.07, 6.45) is 1.42. The first-order valence-corrected chi connectivity index (χ1v) is 12.9.